The van der Waals surface area contributed by atoms with Crippen molar-refractivity contribution < 1.29 is 14.1 Å². The average Bonchev–Trinajstić information content (AvgIpc) is 3.25. The van der Waals surface area contributed by atoms with Crippen LogP contribution in [0.2, 0.25) is 0 Å². The van der Waals surface area contributed by atoms with Crippen LogP contribution in [0.5, 0.6) is 0 Å². The first-order valence-corrected chi connectivity index (χ1v) is 9.53. The number of hydrogen-bond donors (Lipinski definition) is 0. The summed E-state index contributed by atoms with van der Waals surface area (Å²) in [6.45, 7) is 7.19. The average molecular weight is 348 g/mol. The van der Waals surface area contributed by atoms with Crippen LogP contribution in [0.25, 0.3) is 0 Å². The lowest BCUT2D eigenvalue weighted by atomic mass is 9.72. The number of hydrogen-bond acceptors (Lipinski definition) is 6. The van der Waals surface area contributed by atoms with Crippen molar-refractivity contribution in [2.45, 2.75) is 58.1 Å². The molecule has 0 aliphatic carbocycles. The van der Waals surface area contributed by atoms with E-state index < -0.39 is 0 Å². The maximum Gasteiger partial charge on any atom is 0.223 e. The van der Waals surface area contributed by atoms with Gasteiger partial charge in [-0.1, -0.05) is 5.16 Å². The Morgan fingerprint density at radius 2 is 2.12 bits per heavy atom. The van der Waals surface area contributed by atoms with Crippen LogP contribution in [-0.2, 0) is 16.1 Å². The number of rotatable bonds is 4. The van der Waals surface area contributed by atoms with E-state index in [1.807, 2.05) is 6.92 Å². The van der Waals surface area contributed by atoms with Gasteiger partial charge in [-0.3, -0.25) is 9.69 Å². The van der Waals surface area contributed by atoms with Gasteiger partial charge in [-0.2, -0.15) is 4.98 Å². The van der Waals surface area contributed by atoms with Crippen molar-refractivity contribution in [1.82, 2.24) is 19.9 Å². The molecule has 1 aromatic rings. The molecule has 1 atom stereocenters. The van der Waals surface area contributed by atoms with E-state index in [0.29, 0.717) is 18.2 Å². The summed E-state index contributed by atoms with van der Waals surface area (Å²) in [4.78, 5) is 21.1. The van der Waals surface area contributed by atoms with Gasteiger partial charge >= 0.3 is 0 Å². The zero-order valence-electron chi connectivity index (χ0n) is 15.1. The lowest BCUT2D eigenvalue weighted by molar-refractivity contribution is -0.141. The molecule has 1 spiro atoms. The Morgan fingerprint density at radius 3 is 2.80 bits per heavy atom. The quantitative estimate of drug-likeness (QED) is 0.826. The van der Waals surface area contributed by atoms with Crippen LogP contribution >= 0.6 is 0 Å². The van der Waals surface area contributed by atoms with Crippen LogP contribution in [0.1, 0.15) is 50.2 Å². The number of nitrogens with zero attached hydrogens (tertiary/aromatic N) is 4. The maximum atomic E-state index is 12.3. The Labute approximate surface area is 148 Å². The van der Waals surface area contributed by atoms with Crippen LogP contribution in [0.3, 0.4) is 0 Å². The number of piperidine rings is 2. The Morgan fingerprint density at radius 1 is 1.28 bits per heavy atom. The van der Waals surface area contributed by atoms with Crippen molar-refractivity contribution in [2.24, 2.45) is 5.41 Å². The lowest BCUT2D eigenvalue weighted by Gasteiger charge is -2.47. The normalized spacial score (nSPS) is 27.3. The summed E-state index contributed by atoms with van der Waals surface area (Å²) in [5.41, 5.74) is 0.288. The molecular weight excluding hydrogens is 320 g/mol. The van der Waals surface area contributed by atoms with Crippen LogP contribution in [0, 0.1) is 12.3 Å². The molecule has 0 bridgehead atoms. The number of likely N-dealkylation sites (tertiary alicyclic amines) is 2. The summed E-state index contributed by atoms with van der Waals surface area (Å²) >= 11 is 0. The number of carbonyl (C=O) groups is 1. The number of carbonyl (C=O) groups excluding carboxylic acids is 1. The molecule has 3 saturated heterocycles. The van der Waals surface area contributed by atoms with Crippen molar-refractivity contribution in [3.05, 3.63) is 11.7 Å². The van der Waals surface area contributed by atoms with E-state index in [0.717, 1.165) is 77.3 Å². The van der Waals surface area contributed by atoms with Gasteiger partial charge in [0.2, 0.25) is 11.8 Å². The maximum absolute atomic E-state index is 12.3. The summed E-state index contributed by atoms with van der Waals surface area (Å²) in [6.07, 6.45) is 6.47. The molecule has 4 rings (SSSR count). The van der Waals surface area contributed by atoms with Crippen LogP contribution < -0.4 is 0 Å². The van der Waals surface area contributed by atoms with Gasteiger partial charge in [0.05, 0.1) is 12.6 Å². The highest BCUT2D eigenvalue weighted by Crippen LogP contribution is 2.40. The van der Waals surface area contributed by atoms with E-state index in [-0.39, 0.29) is 11.5 Å². The molecule has 1 aromatic heterocycles. The SMILES string of the molecule is Cc1nc(CN2CCC3(CCC(=O)N(CC4CCCO4)C3)CC2)no1. The molecule has 7 heteroatoms. The summed E-state index contributed by atoms with van der Waals surface area (Å²) in [7, 11) is 0. The fourth-order valence-corrected chi connectivity index (χ4v) is 4.50. The lowest BCUT2D eigenvalue weighted by Crippen LogP contribution is -2.52. The van der Waals surface area contributed by atoms with E-state index in [1.165, 1.54) is 0 Å². The smallest absolute Gasteiger partial charge is 0.223 e. The van der Waals surface area contributed by atoms with E-state index in [9.17, 15) is 4.79 Å². The minimum atomic E-state index is 0.251. The van der Waals surface area contributed by atoms with Crippen molar-refractivity contribution in [2.75, 3.05) is 32.8 Å². The highest BCUT2D eigenvalue weighted by atomic mass is 16.5. The monoisotopic (exact) mass is 348 g/mol. The Hall–Kier alpha value is -1.47. The van der Waals surface area contributed by atoms with Gasteiger partial charge in [0.15, 0.2) is 5.82 Å². The molecule has 0 N–H and O–H groups in total. The molecule has 4 heterocycles. The first-order chi connectivity index (χ1) is 12.1. The zero-order valence-corrected chi connectivity index (χ0v) is 15.1. The molecule has 3 aliphatic rings. The van der Waals surface area contributed by atoms with Crippen molar-refractivity contribution >= 4 is 5.91 Å². The first kappa shape index (κ1) is 17.0. The summed E-state index contributed by atoms with van der Waals surface area (Å²) in [5, 5.41) is 4.00. The van der Waals surface area contributed by atoms with Gasteiger partial charge in [0.1, 0.15) is 0 Å². The molecule has 3 fully saturated rings. The standard InChI is InChI=1S/C18H28N4O3/c1-14-19-16(20-25-14)12-21-8-6-18(7-9-21)5-4-17(23)22(13-18)11-15-3-2-10-24-15/h15H,2-13H2,1H3. The van der Waals surface area contributed by atoms with E-state index in [1.54, 1.807) is 0 Å². The first-order valence-electron chi connectivity index (χ1n) is 9.53. The predicted molar refractivity (Wildman–Crippen MR) is 90.8 cm³/mol. The highest BCUT2D eigenvalue weighted by Gasteiger charge is 2.41. The summed E-state index contributed by atoms with van der Waals surface area (Å²) in [5.74, 6) is 1.71. The largest absolute Gasteiger partial charge is 0.376 e. The second kappa shape index (κ2) is 7.03. The topological polar surface area (TPSA) is 71.7 Å². The third-order valence-corrected chi connectivity index (χ3v) is 6.05. The summed E-state index contributed by atoms with van der Waals surface area (Å²) < 4.78 is 10.8. The van der Waals surface area contributed by atoms with E-state index >= 15 is 0 Å². The third-order valence-electron chi connectivity index (χ3n) is 6.05. The molecule has 7 nitrogen and oxygen atoms in total. The Bertz CT molecular complexity index is 603. The fraction of sp³-hybridized carbons (Fsp3) is 0.833. The van der Waals surface area contributed by atoms with Crippen molar-refractivity contribution in [1.29, 1.82) is 0 Å². The number of aromatic nitrogens is 2. The van der Waals surface area contributed by atoms with Crippen molar-refractivity contribution in [3.63, 3.8) is 0 Å². The van der Waals surface area contributed by atoms with Crippen molar-refractivity contribution in [3.8, 4) is 0 Å². The number of ether oxygens (including phenoxy) is 1. The number of amides is 1. The minimum absolute atomic E-state index is 0.251. The zero-order chi connectivity index (χ0) is 17.3. The van der Waals surface area contributed by atoms with Gasteiger partial charge in [-0.15, -0.1) is 0 Å². The number of aryl methyl sites for hydroxylation is 1. The predicted octanol–water partition coefficient (Wildman–Crippen LogP) is 1.76. The summed E-state index contributed by atoms with van der Waals surface area (Å²) in [6, 6.07) is 0. The van der Waals surface area contributed by atoms with Gasteiger partial charge in [-0.25, -0.2) is 0 Å². The van der Waals surface area contributed by atoms with Gasteiger partial charge in [-0.05, 0) is 50.6 Å². The second-order valence-corrected chi connectivity index (χ2v) is 7.92. The molecule has 25 heavy (non-hydrogen) atoms. The highest BCUT2D eigenvalue weighted by molar-refractivity contribution is 5.77. The van der Waals surface area contributed by atoms with Gasteiger partial charge < -0.3 is 14.2 Å². The molecule has 0 saturated carbocycles. The minimum Gasteiger partial charge on any atom is -0.376 e. The Kier molecular flexibility index (Phi) is 4.78. The van der Waals surface area contributed by atoms with E-state index in [2.05, 4.69) is 19.9 Å². The Balaban J connectivity index is 1.32. The molecule has 1 unspecified atom stereocenters. The van der Waals surface area contributed by atoms with E-state index in [4.69, 9.17) is 9.26 Å². The molecule has 3 aliphatic heterocycles. The molecular formula is C18H28N4O3. The second-order valence-electron chi connectivity index (χ2n) is 7.92. The fourth-order valence-electron chi connectivity index (χ4n) is 4.50. The van der Waals surface area contributed by atoms with Crippen LogP contribution in [-0.4, -0.2) is 64.7 Å². The molecule has 0 aromatic carbocycles. The molecule has 0 radical (unpaired) electrons. The molecule has 1 amide bonds. The van der Waals surface area contributed by atoms with Crippen LogP contribution in [0.15, 0.2) is 4.52 Å². The van der Waals surface area contributed by atoms with Gasteiger partial charge in [0, 0.05) is 33.0 Å². The van der Waals surface area contributed by atoms with Crippen LogP contribution in [0.4, 0.5) is 0 Å². The van der Waals surface area contributed by atoms with Gasteiger partial charge in [0.25, 0.3) is 0 Å². The third kappa shape index (κ3) is 3.87. The molecule has 138 valence electrons.